The van der Waals surface area contributed by atoms with Gasteiger partial charge in [0.05, 0.1) is 16.7 Å². The molecule has 7 rings (SSSR count). The summed E-state index contributed by atoms with van der Waals surface area (Å²) in [6.45, 7) is 12.6. The summed E-state index contributed by atoms with van der Waals surface area (Å²) < 4.78 is 15.1. The number of allylic oxidation sites excluding steroid dienone is 1. The lowest BCUT2D eigenvalue weighted by Crippen LogP contribution is -2.41. The van der Waals surface area contributed by atoms with E-state index in [1.54, 1.807) is 0 Å². The minimum Gasteiger partial charge on any atom is -0.399 e. The van der Waals surface area contributed by atoms with E-state index >= 15 is 0 Å². The third-order valence-electron chi connectivity index (χ3n) is 9.20. The average Bonchev–Trinajstić information content (AvgIpc) is 3.47. The summed E-state index contributed by atoms with van der Waals surface area (Å²) in [5.41, 5.74) is 7.44. The maximum Gasteiger partial charge on any atom is 0.494 e. The van der Waals surface area contributed by atoms with E-state index < -0.39 is 18.3 Å². The van der Waals surface area contributed by atoms with E-state index in [4.69, 9.17) is 24.3 Å². The minimum absolute atomic E-state index is 0.406. The summed E-state index contributed by atoms with van der Waals surface area (Å²) in [6.07, 6.45) is 4.27. The molecule has 6 nitrogen and oxygen atoms in total. The van der Waals surface area contributed by atoms with Gasteiger partial charge >= 0.3 is 7.12 Å². The van der Waals surface area contributed by atoms with E-state index in [-0.39, 0.29) is 0 Å². The molecule has 0 N–H and O–H groups in total. The zero-order valence-electron chi connectivity index (χ0n) is 27.2. The van der Waals surface area contributed by atoms with E-state index in [1.807, 2.05) is 60.7 Å². The smallest absolute Gasteiger partial charge is 0.399 e. The molecule has 0 spiro atoms. The van der Waals surface area contributed by atoms with Crippen LogP contribution in [-0.2, 0) is 9.31 Å². The highest BCUT2D eigenvalue weighted by atomic mass is 16.7. The molecule has 228 valence electrons. The number of hydrogen-bond donors (Lipinski definition) is 0. The Kier molecular flexibility index (Phi) is 7.46. The molecule has 1 fully saturated rings. The zero-order valence-corrected chi connectivity index (χ0v) is 27.2. The Morgan fingerprint density at radius 3 is 1.76 bits per heavy atom. The van der Waals surface area contributed by atoms with Crippen molar-refractivity contribution in [3.8, 4) is 39.9 Å². The van der Waals surface area contributed by atoms with Crippen LogP contribution in [0.25, 0.3) is 56.8 Å². The number of nitrogens with zero attached hydrogens (tertiary/aromatic N) is 4. The Labute approximate surface area is 270 Å². The lowest BCUT2D eigenvalue weighted by Gasteiger charge is -2.32. The van der Waals surface area contributed by atoms with Gasteiger partial charge in [0.2, 0.25) is 0 Å². The van der Waals surface area contributed by atoms with E-state index in [2.05, 4.69) is 101 Å². The van der Waals surface area contributed by atoms with Gasteiger partial charge in [-0.1, -0.05) is 97.1 Å². The molecule has 2 aromatic heterocycles. The molecule has 0 atom stereocenters. The fraction of sp³-hybridized carbons (Fsp3) is 0.205. The van der Waals surface area contributed by atoms with E-state index in [9.17, 15) is 0 Å². The normalized spacial score (nSPS) is 15.7. The Morgan fingerprint density at radius 2 is 1.20 bits per heavy atom. The number of fused-ring (bicyclic) bond motifs is 1. The molecule has 3 heterocycles. The fourth-order valence-electron chi connectivity index (χ4n) is 6.02. The second-order valence-corrected chi connectivity index (χ2v) is 12.8. The van der Waals surface area contributed by atoms with Crippen molar-refractivity contribution in [3.05, 3.63) is 120 Å². The van der Waals surface area contributed by atoms with Crippen molar-refractivity contribution >= 4 is 29.6 Å². The summed E-state index contributed by atoms with van der Waals surface area (Å²) in [6, 6.07) is 35.0. The first-order valence-corrected chi connectivity index (χ1v) is 15.8. The van der Waals surface area contributed by atoms with Crippen LogP contribution >= 0.6 is 0 Å². The van der Waals surface area contributed by atoms with E-state index in [0.717, 1.165) is 44.4 Å². The van der Waals surface area contributed by atoms with Gasteiger partial charge in [0.25, 0.3) is 0 Å². The number of aromatic nitrogens is 4. The van der Waals surface area contributed by atoms with E-state index in [0.29, 0.717) is 17.5 Å². The molecule has 0 saturated carbocycles. The Morgan fingerprint density at radius 1 is 0.652 bits per heavy atom. The number of hydrogen-bond acceptors (Lipinski definition) is 5. The summed E-state index contributed by atoms with van der Waals surface area (Å²) in [7, 11) is -0.429. The van der Waals surface area contributed by atoms with Crippen LogP contribution in [-0.4, -0.2) is 37.8 Å². The Balaban J connectivity index is 1.35. The summed E-state index contributed by atoms with van der Waals surface area (Å²) in [4.78, 5) is 14.8. The molecule has 1 aliphatic rings. The van der Waals surface area contributed by atoms with Crippen LogP contribution in [0, 0.1) is 6.92 Å². The molecular weight excluding hydrogens is 567 g/mol. The predicted molar refractivity (Wildman–Crippen MR) is 188 cm³/mol. The molecule has 0 bridgehead atoms. The third kappa shape index (κ3) is 5.25. The molecule has 46 heavy (non-hydrogen) atoms. The van der Waals surface area contributed by atoms with Gasteiger partial charge in [-0.25, -0.2) is 15.0 Å². The minimum atomic E-state index is -0.429. The van der Waals surface area contributed by atoms with Crippen molar-refractivity contribution in [2.45, 2.75) is 52.7 Å². The highest BCUT2D eigenvalue weighted by molar-refractivity contribution is 6.62. The predicted octanol–water partition coefficient (Wildman–Crippen LogP) is 8.46. The van der Waals surface area contributed by atoms with Gasteiger partial charge in [-0.2, -0.15) is 0 Å². The van der Waals surface area contributed by atoms with Gasteiger partial charge < -0.3 is 13.9 Å². The van der Waals surface area contributed by atoms with Crippen LogP contribution in [0.1, 0.15) is 45.9 Å². The second-order valence-electron chi connectivity index (χ2n) is 12.8. The Bertz CT molecular complexity index is 2010. The lowest BCUT2D eigenvalue weighted by molar-refractivity contribution is 0.00578. The van der Waals surface area contributed by atoms with Crippen LogP contribution in [0.15, 0.2) is 109 Å². The quantitative estimate of drug-likeness (QED) is 0.179. The average molecular weight is 605 g/mol. The Hall–Kier alpha value is -4.85. The first kappa shape index (κ1) is 29.8. The van der Waals surface area contributed by atoms with Crippen LogP contribution in [0.2, 0.25) is 0 Å². The molecule has 7 heteroatoms. The van der Waals surface area contributed by atoms with Gasteiger partial charge in [0.15, 0.2) is 17.5 Å². The second kappa shape index (κ2) is 11.5. The molecule has 1 aliphatic heterocycles. The maximum atomic E-state index is 6.40. The van der Waals surface area contributed by atoms with Crippen LogP contribution in [0.4, 0.5) is 0 Å². The van der Waals surface area contributed by atoms with Gasteiger partial charge in [-0.15, -0.1) is 0 Å². The van der Waals surface area contributed by atoms with Crippen molar-refractivity contribution in [3.63, 3.8) is 0 Å². The van der Waals surface area contributed by atoms with Gasteiger partial charge in [0.1, 0.15) is 0 Å². The maximum absolute atomic E-state index is 6.40. The number of rotatable bonds is 6. The van der Waals surface area contributed by atoms with Gasteiger partial charge in [-0.05, 0) is 65.2 Å². The van der Waals surface area contributed by atoms with E-state index in [1.165, 1.54) is 5.56 Å². The number of benzene rings is 4. The zero-order chi connectivity index (χ0) is 32.1. The first-order chi connectivity index (χ1) is 22.1. The molecule has 0 radical (unpaired) electrons. The molecule has 0 aliphatic carbocycles. The summed E-state index contributed by atoms with van der Waals surface area (Å²) >= 11 is 0. The molecule has 4 aromatic carbocycles. The lowest BCUT2D eigenvalue weighted by atomic mass is 9.78. The molecule has 0 amide bonds. The molecule has 1 saturated heterocycles. The summed E-state index contributed by atoms with van der Waals surface area (Å²) in [5, 5.41) is 1.14. The van der Waals surface area contributed by atoms with Crippen LogP contribution in [0.3, 0.4) is 0 Å². The highest BCUT2D eigenvalue weighted by Gasteiger charge is 2.51. The molecule has 6 aromatic rings. The van der Waals surface area contributed by atoms with Crippen molar-refractivity contribution in [2.75, 3.05) is 0 Å². The van der Waals surface area contributed by atoms with Crippen molar-refractivity contribution in [1.82, 2.24) is 19.5 Å². The van der Waals surface area contributed by atoms with Crippen molar-refractivity contribution in [2.24, 2.45) is 0 Å². The summed E-state index contributed by atoms with van der Waals surface area (Å²) in [5.74, 6) is 1.91. The van der Waals surface area contributed by atoms with Crippen molar-refractivity contribution in [1.29, 1.82) is 0 Å². The molecular formula is C39H37BN4O2. The molecule has 0 unspecified atom stereocenters. The standard InChI is InChI=1S/C39H37BN4O2/c1-7-15-32-26(2)44(34-23-22-30(25-33(32)34)40-45-38(3,4)39(5,6)46-40)31-21-14-20-29(24-31)37-42-35(27-16-10-8-11-17-27)41-36(43-37)28-18-12-9-13-19-28/h7-25H,1-6H3/b15-7-. The third-order valence-corrected chi connectivity index (χ3v) is 9.20. The first-order valence-electron chi connectivity index (χ1n) is 15.8. The highest BCUT2D eigenvalue weighted by Crippen LogP contribution is 2.37. The largest absolute Gasteiger partial charge is 0.494 e. The van der Waals surface area contributed by atoms with Gasteiger partial charge in [-0.3, -0.25) is 0 Å². The fourth-order valence-corrected chi connectivity index (χ4v) is 6.02. The van der Waals surface area contributed by atoms with Crippen LogP contribution < -0.4 is 5.46 Å². The van der Waals surface area contributed by atoms with Gasteiger partial charge in [0, 0.05) is 39.0 Å². The SMILES string of the molecule is C/C=C\c1c(C)n(-c2cccc(-c3nc(-c4ccccc4)nc(-c4ccccc4)n3)c2)c2ccc(B3OC(C)(C)C(C)(C)O3)cc12. The van der Waals surface area contributed by atoms with Crippen LogP contribution in [0.5, 0.6) is 0 Å². The topological polar surface area (TPSA) is 62.1 Å². The van der Waals surface area contributed by atoms with Crippen molar-refractivity contribution < 1.29 is 9.31 Å². The monoisotopic (exact) mass is 604 g/mol.